The van der Waals surface area contributed by atoms with Crippen molar-refractivity contribution in [1.29, 1.82) is 0 Å². The van der Waals surface area contributed by atoms with E-state index < -0.39 is 0 Å². The molecule has 0 radical (unpaired) electrons. The van der Waals surface area contributed by atoms with Crippen LogP contribution in [0.3, 0.4) is 0 Å². The SMILES string of the molecule is Cc1ccc(Br)c(C(N)c2csc(C)c2)c1. The third-order valence-corrected chi connectivity index (χ3v) is 4.20. The van der Waals surface area contributed by atoms with Crippen LogP contribution in [0.2, 0.25) is 0 Å². The van der Waals surface area contributed by atoms with Crippen LogP contribution in [0.15, 0.2) is 34.1 Å². The number of benzene rings is 1. The topological polar surface area (TPSA) is 26.0 Å². The Morgan fingerprint density at radius 2 is 2.00 bits per heavy atom. The molecule has 2 rings (SSSR count). The Hall–Kier alpha value is -0.640. The summed E-state index contributed by atoms with van der Waals surface area (Å²) < 4.78 is 1.08. The van der Waals surface area contributed by atoms with Crippen molar-refractivity contribution in [3.05, 3.63) is 55.7 Å². The van der Waals surface area contributed by atoms with E-state index in [9.17, 15) is 0 Å². The fraction of sp³-hybridized carbons (Fsp3) is 0.231. The highest BCUT2D eigenvalue weighted by Crippen LogP contribution is 2.29. The lowest BCUT2D eigenvalue weighted by Crippen LogP contribution is -2.11. The fourth-order valence-electron chi connectivity index (χ4n) is 1.71. The summed E-state index contributed by atoms with van der Waals surface area (Å²) in [5.41, 5.74) is 9.85. The molecular weight excluding hydrogens is 282 g/mol. The van der Waals surface area contributed by atoms with E-state index in [0.29, 0.717) is 0 Å². The molecule has 0 saturated heterocycles. The Labute approximate surface area is 108 Å². The molecule has 2 N–H and O–H groups in total. The van der Waals surface area contributed by atoms with Crippen molar-refractivity contribution in [2.24, 2.45) is 5.73 Å². The molecule has 0 aliphatic rings. The van der Waals surface area contributed by atoms with E-state index in [1.807, 2.05) is 0 Å². The second-order valence-electron chi connectivity index (χ2n) is 3.99. The fourth-order valence-corrected chi connectivity index (χ4v) is 2.94. The van der Waals surface area contributed by atoms with E-state index in [4.69, 9.17) is 5.73 Å². The molecule has 1 atom stereocenters. The molecule has 2 aromatic rings. The van der Waals surface area contributed by atoms with E-state index in [0.717, 1.165) is 10.0 Å². The van der Waals surface area contributed by atoms with Gasteiger partial charge < -0.3 is 5.73 Å². The standard InChI is InChI=1S/C13H14BrNS/c1-8-3-4-12(14)11(5-8)13(15)10-6-9(2)16-7-10/h3-7,13H,15H2,1-2H3. The number of hydrogen-bond acceptors (Lipinski definition) is 2. The van der Waals surface area contributed by atoms with E-state index in [-0.39, 0.29) is 6.04 Å². The monoisotopic (exact) mass is 295 g/mol. The van der Waals surface area contributed by atoms with Crippen LogP contribution >= 0.6 is 27.3 Å². The third kappa shape index (κ3) is 2.37. The normalized spacial score (nSPS) is 12.8. The summed E-state index contributed by atoms with van der Waals surface area (Å²) in [6.45, 7) is 4.19. The maximum Gasteiger partial charge on any atom is 0.0571 e. The van der Waals surface area contributed by atoms with Gasteiger partial charge >= 0.3 is 0 Å². The van der Waals surface area contributed by atoms with Crippen LogP contribution in [0.1, 0.15) is 27.6 Å². The first-order valence-electron chi connectivity index (χ1n) is 5.14. The van der Waals surface area contributed by atoms with Gasteiger partial charge in [-0.1, -0.05) is 33.6 Å². The summed E-state index contributed by atoms with van der Waals surface area (Å²) in [5, 5.41) is 2.13. The van der Waals surface area contributed by atoms with Crippen molar-refractivity contribution < 1.29 is 0 Å². The molecule has 1 nitrogen and oxygen atoms in total. The van der Waals surface area contributed by atoms with Gasteiger partial charge in [0.05, 0.1) is 6.04 Å². The number of hydrogen-bond donors (Lipinski definition) is 1. The molecule has 0 bridgehead atoms. The van der Waals surface area contributed by atoms with Gasteiger partial charge in [-0.05, 0) is 42.5 Å². The summed E-state index contributed by atoms with van der Waals surface area (Å²) in [5.74, 6) is 0. The van der Waals surface area contributed by atoms with Crippen LogP contribution in [0.4, 0.5) is 0 Å². The quantitative estimate of drug-likeness (QED) is 0.884. The average molecular weight is 296 g/mol. The van der Waals surface area contributed by atoms with Gasteiger partial charge in [0.1, 0.15) is 0 Å². The highest BCUT2D eigenvalue weighted by molar-refractivity contribution is 9.10. The zero-order chi connectivity index (χ0) is 11.7. The molecule has 16 heavy (non-hydrogen) atoms. The third-order valence-electron chi connectivity index (χ3n) is 2.60. The summed E-state index contributed by atoms with van der Waals surface area (Å²) in [4.78, 5) is 1.30. The van der Waals surface area contributed by atoms with Gasteiger partial charge in [0, 0.05) is 9.35 Å². The van der Waals surface area contributed by atoms with Gasteiger partial charge in [0.2, 0.25) is 0 Å². The minimum Gasteiger partial charge on any atom is -0.320 e. The highest BCUT2D eigenvalue weighted by Gasteiger charge is 2.13. The number of halogens is 1. The van der Waals surface area contributed by atoms with E-state index in [1.165, 1.54) is 16.0 Å². The number of nitrogens with two attached hydrogens (primary N) is 1. The lowest BCUT2D eigenvalue weighted by atomic mass is 10.0. The lowest BCUT2D eigenvalue weighted by molar-refractivity contribution is 0.868. The van der Waals surface area contributed by atoms with Gasteiger partial charge in [0.25, 0.3) is 0 Å². The van der Waals surface area contributed by atoms with Crippen LogP contribution in [-0.4, -0.2) is 0 Å². The van der Waals surface area contributed by atoms with Crippen molar-refractivity contribution in [1.82, 2.24) is 0 Å². The second-order valence-corrected chi connectivity index (χ2v) is 5.96. The molecule has 0 fully saturated rings. The minimum atomic E-state index is -0.0424. The van der Waals surface area contributed by atoms with Gasteiger partial charge in [-0.2, -0.15) is 0 Å². The summed E-state index contributed by atoms with van der Waals surface area (Å²) >= 11 is 5.30. The van der Waals surface area contributed by atoms with Crippen LogP contribution in [0.25, 0.3) is 0 Å². The predicted octanol–water partition coefficient (Wildman–Crippen LogP) is 4.18. The van der Waals surface area contributed by atoms with Crippen LogP contribution < -0.4 is 5.73 Å². The van der Waals surface area contributed by atoms with Gasteiger partial charge in [-0.3, -0.25) is 0 Å². The molecule has 1 aromatic heterocycles. The Morgan fingerprint density at radius 1 is 1.25 bits per heavy atom. The zero-order valence-corrected chi connectivity index (χ0v) is 11.7. The summed E-state index contributed by atoms with van der Waals surface area (Å²) in [6, 6.07) is 8.40. The number of rotatable bonds is 2. The first kappa shape index (κ1) is 11.8. The van der Waals surface area contributed by atoms with E-state index in [1.54, 1.807) is 11.3 Å². The molecule has 84 valence electrons. The van der Waals surface area contributed by atoms with Gasteiger partial charge in [0.15, 0.2) is 0 Å². The minimum absolute atomic E-state index is 0.0424. The lowest BCUT2D eigenvalue weighted by Gasteiger charge is -2.13. The van der Waals surface area contributed by atoms with Crippen LogP contribution in [-0.2, 0) is 0 Å². The van der Waals surface area contributed by atoms with Gasteiger partial charge in [-0.15, -0.1) is 11.3 Å². The Morgan fingerprint density at radius 3 is 2.62 bits per heavy atom. The van der Waals surface area contributed by atoms with Crippen molar-refractivity contribution in [3.8, 4) is 0 Å². The number of thiophene rings is 1. The number of aryl methyl sites for hydroxylation is 2. The van der Waals surface area contributed by atoms with Crippen LogP contribution in [0, 0.1) is 13.8 Å². The zero-order valence-electron chi connectivity index (χ0n) is 9.33. The second kappa shape index (κ2) is 4.70. The van der Waals surface area contributed by atoms with E-state index >= 15 is 0 Å². The smallest absolute Gasteiger partial charge is 0.0571 e. The molecule has 1 aromatic carbocycles. The maximum atomic E-state index is 6.28. The Balaban J connectivity index is 2.40. The molecule has 1 unspecified atom stereocenters. The average Bonchev–Trinajstić information content (AvgIpc) is 2.67. The molecule has 0 aliphatic carbocycles. The molecule has 1 heterocycles. The van der Waals surface area contributed by atoms with Crippen molar-refractivity contribution >= 4 is 27.3 Å². The van der Waals surface area contributed by atoms with Crippen molar-refractivity contribution in [2.75, 3.05) is 0 Å². The molecular formula is C13H14BrNS. The molecule has 0 aliphatic heterocycles. The largest absolute Gasteiger partial charge is 0.320 e. The Bertz CT molecular complexity index is 504. The van der Waals surface area contributed by atoms with Crippen molar-refractivity contribution in [3.63, 3.8) is 0 Å². The summed E-state index contributed by atoms with van der Waals surface area (Å²) in [6.07, 6.45) is 0. The Kier molecular flexibility index (Phi) is 3.47. The molecule has 0 amide bonds. The predicted molar refractivity (Wildman–Crippen MR) is 74.0 cm³/mol. The van der Waals surface area contributed by atoms with Gasteiger partial charge in [-0.25, -0.2) is 0 Å². The maximum absolute atomic E-state index is 6.28. The molecule has 0 saturated carbocycles. The first-order chi connectivity index (χ1) is 7.58. The molecule has 3 heteroatoms. The highest BCUT2D eigenvalue weighted by atomic mass is 79.9. The van der Waals surface area contributed by atoms with Crippen LogP contribution in [0.5, 0.6) is 0 Å². The van der Waals surface area contributed by atoms with E-state index in [2.05, 4.69) is 59.4 Å². The first-order valence-corrected chi connectivity index (χ1v) is 6.82. The molecule has 0 spiro atoms. The summed E-state index contributed by atoms with van der Waals surface area (Å²) in [7, 11) is 0. The van der Waals surface area contributed by atoms with Crippen molar-refractivity contribution in [2.45, 2.75) is 19.9 Å².